The molecule has 2 aromatic rings. The minimum Gasteiger partial charge on any atom is -0.396 e. The van der Waals surface area contributed by atoms with Gasteiger partial charge in [-0.1, -0.05) is 42.7 Å². The van der Waals surface area contributed by atoms with Gasteiger partial charge in [-0.2, -0.15) is 5.10 Å². The summed E-state index contributed by atoms with van der Waals surface area (Å²) in [5.41, 5.74) is 10.7. The molecule has 1 aliphatic carbocycles. The highest BCUT2D eigenvalue weighted by Gasteiger charge is 2.22. The molecule has 2 N–H and O–H groups in total. The lowest BCUT2D eigenvalue weighted by molar-refractivity contribution is 0.629. The Balaban J connectivity index is 1.80. The standard InChI is InChI=1S/C16H21N3/c1-12-5-4-6-13(9-12)10-19-11-15(17)16(18-19)14-7-2-3-8-14/h4-6,9,11,14H,2-3,7-8,10,17H2,1H3. The highest BCUT2D eigenvalue weighted by molar-refractivity contribution is 5.43. The van der Waals surface area contributed by atoms with Crippen molar-refractivity contribution in [2.75, 3.05) is 5.73 Å². The van der Waals surface area contributed by atoms with E-state index < -0.39 is 0 Å². The van der Waals surface area contributed by atoms with E-state index in [0.717, 1.165) is 17.9 Å². The maximum absolute atomic E-state index is 6.12. The number of hydrogen-bond donors (Lipinski definition) is 1. The summed E-state index contributed by atoms with van der Waals surface area (Å²) in [7, 11) is 0. The van der Waals surface area contributed by atoms with Crippen molar-refractivity contribution < 1.29 is 0 Å². The Hall–Kier alpha value is -1.77. The van der Waals surface area contributed by atoms with Crippen LogP contribution >= 0.6 is 0 Å². The van der Waals surface area contributed by atoms with Gasteiger partial charge in [-0.25, -0.2) is 0 Å². The third-order valence-corrected chi connectivity index (χ3v) is 3.99. The Morgan fingerprint density at radius 1 is 1.32 bits per heavy atom. The summed E-state index contributed by atoms with van der Waals surface area (Å²) in [5, 5.41) is 4.71. The fourth-order valence-electron chi connectivity index (χ4n) is 3.05. The molecular formula is C16H21N3. The first-order chi connectivity index (χ1) is 9.22. The molecule has 1 fully saturated rings. The summed E-state index contributed by atoms with van der Waals surface area (Å²) in [6.45, 7) is 2.92. The van der Waals surface area contributed by atoms with Crippen molar-refractivity contribution in [3.63, 3.8) is 0 Å². The van der Waals surface area contributed by atoms with Crippen molar-refractivity contribution >= 4 is 5.69 Å². The predicted octanol–water partition coefficient (Wildman–Crippen LogP) is 3.48. The van der Waals surface area contributed by atoms with Crippen molar-refractivity contribution in [3.8, 4) is 0 Å². The van der Waals surface area contributed by atoms with E-state index in [2.05, 4.69) is 31.2 Å². The van der Waals surface area contributed by atoms with Gasteiger partial charge in [0.05, 0.1) is 17.9 Å². The quantitative estimate of drug-likeness (QED) is 0.912. The van der Waals surface area contributed by atoms with Crippen molar-refractivity contribution in [2.45, 2.75) is 45.1 Å². The zero-order valence-electron chi connectivity index (χ0n) is 11.5. The van der Waals surface area contributed by atoms with Crippen LogP contribution in [-0.2, 0) is 6.54 Å². The van der Waals surface area contributed by atoms with Crippen molar-refractivity contribution in [1.29, 1.82) is 0 Å². The molecule has 0 spiro atoms. The summed E-state index contributed by atoms with van der Waals surface area (Å²) in [5.74, 6) is 0.582. The van der Waals surface area contributed by atoms with E-state index in [1.165, 1.54) is 36.8 Å². The van der Waals surface area contributed by atoms with Gasteiger partial charge in [-0.05, 0) is 25.3 Å². The largest absolute Gasteiger partial charge is 0.396 e. The third kappa shape index (κ3) is 2.65. The molecular weight excluding hydrogens is 234 g/mol. The van der Waals surface area contributed by atoms with Gasteiger partial charge in [0, 0.05) is 12.1 Å². The number of nitrogens with zero attached hydrogens (tertiary/aromatic N) is 2. The molecule has 3 nitrogen and oxygen atoms in total. The average Bonchev–Trinajstić information content (AvgIpc) is 2.98. The molecule has 1 heterocycles. The van der Waals surface area contributed by atoms with Crippen molar-refractivity contribution in [3.05, 3.63) is 47.3 Å². The van der Waals surface area contributed by atoms with Gasteiger partial charge in [-0.3, -0.25) is 4.68 Å². The number of benzene rings is 1. The van der Waals surface area contributed by atoms with Crippen molar-refractivity contribution in [1.82, 2.24) is 9.78 Å². The monoisotopic (exact) mass is 255 g/mol. The van der Waals surface area contributed by atoms with E-state index in [1.54, 1.807) is 0 Å². The van der Waals surface area contributed by atoms with Gasteiger partial charge in [0.2, 0.25) is 0 Å². The van der Waals surface area contributed by atoms with Crippen LogP contribution in [0.2, 0.25) is 0 Å². The minimum atomic E-state index is 0.582. The summed E-state index contributed by atoms with van der Waals surface area (Å²) < 4.78 is 1.98. The number of nitrogens with two attached hydrogens (primary N) is 1. The van der Waals surface area contributed by atoms with E-state index in [9.17, 15) is 0 Å². The summed E-state index contributed by atoms with van der Waals surface area (Å²) >= 11 is 0. The van der Waals surface area contributed by atoms with E-state index in [4.69, 9.17) is 10.8 Å². The number of hydrogen-bond acceptors (Lipinski definition) is 2. The van der Waals surface area contributed by atoms with Crippen LogP contribution in [0.15, 0.2) is 30.5 Å². The molecule has 0 radical (unpaired) electrons. The summed E-state index contributed by atoms with van der Waals surface area (Å²) in [6, 6.07) is 8.55. The summed E-state index contributed by atoms with van der Waals surface area (Å²) in [4.78, 5) is 0. The van der Waals surface area contributed by atoms with Crippen LogP contribution in [0.5, 0.6) is 0 Å². The van der Waals surface area contributed by atoms with Crippen LogP contribution in [0.25, 0.3) is 0 Å². The Morgan fingerprint density at radius 2 is 2.11 bits per heavy atom. The lowest BCUT2D eigenvalue weighted by Crippen LogP contribution is -2.03. The fourth-order valence-corrected chi connectivity index (χ4v) is 3.05. The average molecular weight is 255 g/mol. The second-order valence-electron chi connectivity index (χ2n) is 5.64. The molecule has 0 bridgehead atoms. The van der Waals surface area contributed by atoms with Gasteiger partial charge in [0.15, 0.2) is 0 Å². The van der Waals surface area contributed by atoms with Crippen LogP contribution < -0.4 is 5.73 Å². The lowest BCUT2D eigenvalue weighted by atomic mass is 10.0. The number of rotatable bonds is 3. The Morgan fingerprint density at radius 3 is 2.84 bits per heavy atom. The molecule has 1 saturated carbocycles. The van der Waals surface area contributed by atoms with E-state index in [-0.39, 0.29) is 0 Å². The maximum Gasteiger partial charge on any atom is 0.0884 e. The number of aryl methyl sites for hydroxylation is 1. The smallest absolute Gasteiger partial charge is 0.0884 e. The predicted molar refractivity (Wildman–Crippen MR) is 78.1 cm³/mol. The highest BCUT2D eigenvalue weighted by Crippen LogP contribution is 2.35. The van der Waals surface area contributed by atoms with Crippen LogP contribution in [0.1, 0.15) is 48.4 Å². The van der Waals surface area contributed by atoms with Crippen LogP contribution in [0.4, 0.5) is 5.69 Å². The molecule has 1 aromatic carbocycles. The normalized spacial score (nSPS) is 16.1. The van der Waals surface area contributed by atoms with Crippen LogP contribution in [0.3, 0.4) is 0 Å². The zero-order chi connectivity index (χ0) is 13.2. The van der Waals surface area contributed by atoms with Crippen LogP contribution in [0, 0.1) is 6.92 Å². The molecule has 3 rings (SSSR count). The first kappa shape index (κ1) is 12.3. The van der Waals surface area contributed by atoms with Crippen molar-refractivity contribution in [2.24, 2.45) is 0 Å². The zero-order valence-corrected chi connectivity index (χ0v) is 11.5. The first-order valence-corrected chi connectivity index (χ1v) is 7.11. The molecule has 100 valence electrons. The van der Waals surface area contributed by atoms with Gasteiger partial charge in [-0.15, -0.1) is 0 Å². The molecule has 1 aromatic heterocycles. The molecule has 0 unspecified atom stereocenters. The first-order valence-electron chi connectivity index (χ1n) is 7.11. The Kier molecular flexibility index (Phi) is 3.28. The molecule has 19 heavy (non-hydrogen) atoms. The Labute approximate surface area is 114 Å². The maximum atomic E-state index is 6.12. The second kappa shape index (κ2) is 5.08. The van der Waals surface area contributed by atoms with Gasteiger partial charge < -0.3 is 5.73 Å². The lowest BCUT2D eigenvalue weighted by Gasteiger charge is -2.06. The Bertz CT molecular complexity index is 565. The minimum absolute atomic E-state index is 0.582. The SMILES string of the molecule is Cc1cccc(Cn2cc(N)c(C3CCCC3)n2)c1. The second-order valence-corrected chi connectivity index (χ2v) is 5.64. The number of aromatic nitrogens is 2. The van der Waals surface area contributed by atoms with Gasteiger partial charge in [0.25, 0.3) is 0 Å². The molecule has 1 aliphatic rings. The highest BCUT2D eigenvalue weighted by atomic mass is 15.3. The molecule has 0 aliphatic heterocycles. The number of nitrogen functional groups attached to an aromatic ring is 1. The molecule has 0 atom stereocenters. The number of anilines is 1. The van der Waals surface area contributed by atoms with E-state index >= 15 is 0 Å². The van der Waals surface area contributed by atoms with E-state index in [1.807, 2.05) is 10.9 Å². The summed E-state index contributed by atoms with van der Waals surface area (Å²) in [6.07, 6.45) is 7.09. The van der Waals surface area contributed by atoms with Gasteiger partial charge in [0.1, 0.15) is 0 Å². The third-order valence-electron chi connectivity index (χ3n) is 3.99. The molecule has 0 amide bonds. The van der Waals surface area contributed by atoms with Gasteiger partial charge >= 0.3 is 0 Å². The molecule has 3 heteroatoms. The molecule has 0 saturated heterocycles. The van der Waals surface area contributed by atoms with E-state index in [0.29, 0.717) is 5.92 Å². The fraction of sp³-hybridized carbons (Fsp3) is 0.438. The topological polar surface area (TPSA) is 43.8 Å². The van der Waals surface area contributed by atoms with Crippen LogP contribution in [-0.4, -0.2) is 9.78 Å².